The van der Waals surface area contributed by atoms with Gasteiger partial charge in [-0.15, -0.1) is 0 Å². The number of amides is 1. The second-order valence-electron chi connectivity index (χ2n) is 8.12. The molecule has 0 aliphatic carbocycles. The van der Waals surface area contributed by atoms with Crippen molar-refractivity contribution in [3.8, 4) is 6.07 Å². The molecule has 136 valence electrons. The lowest BCUT2D eigenvalue weighted by Crippen LogP contribution is -2.42. The molecule has 0 saturated carbocycles. The van der Waals surface area contributed by atoms with E-state index < -0.39 is 5.60 Å². The van der Waals surface area contributed by atoms with Gasteiger partial charge < -0.3 is 9.64 Å². The third-order valence-electron chi connectivity index (χ3n) is 4.82. The number of carbonyl (C=O) groups excluding carboxylic acids is 1. The molecule has 0 atom stereocenters. The molecular weight excluding hydrogens is 324 g/mol. The van der Waals surface area contributed by atoms with Gasteiger partial charge >= 0.3 is 6.09 Å². The number of hydrogen-bond donors (Lipinski definition) is 0. The first-order valence-corrected chi connectivity index (χ1v) is 9.25. The Morgan fingerprint density at radius 3 is 2.46 bits per heavy atom. The highest BCUT2D eigenvalue weighted by Gasteiger charge is 2.26. The van der Waals surface area contributed by atoms with E-state index in [1.165, 1.54) is 10.9 Å². The first-order valence-electron chi connectivity index (χ1n) is 9.25. The number of fused-ring (bicyclic) bond motifs is 1. The zero-order valence-electron chi connectivity index (χ0n) is 15.8. The Morgan fingerprint density at radius 1 is 1.15 bits per heavy atom. The Labute approximate surface area is 155 Å². The number of piperidine rings is 1. The molecule has 2 aromatic rings. The molecule has 3 rings (SSSR count). The fourth-order valence-electron chi connectivity index (χ4n) is 3.47. The van der Waals surface area contributed by atoms with Crippen molar-refractivity contribution in [2.75, 3.05) is 13.1 Å². The molecule has 0 aromatic heterocycles. The van der Waals surface area contributed by atoms with E-state index in [1.54, 1.807) is 0 Å². The minimum atomic E-state index is -0.440. The number of likely N-dealkylation sites (tertiary alicyclic amines) is 1. The summed E-state index contributed by atoms with van der Waals surface area (Å²) in [5.74, 6) is 0.588. The molecule has 26 heavy (non-hydrogen) atoms. The van der Waals surface area contributed by atoms with Gasteiger partial charge in [-0.2, -0.15) is 5.26 Å². The van der Waals surface area contributed by atoms with Crippen LogP contribution in [0.5, 0.6) is 0 Å². The third kappa shape index (κ3) is 4.54. The third-order valence-corrected chi connectivity index (χ3v) is 4.82. The van der Waals surface area contributed by atoms with E-state index in [9.17, 15) is 4.79 Å². The van der Waals surface area contributed by atoms with Gasteiger partial charge in [-0.1, -0.05) is 24.3 Å². The Balaban J connectivity index is 1.58. The van der Waals surface area contributed by atoms with E-state index >= 15 is 0 Å². The van der Waals surface area contributed by atoms with E-state index in [1.807, 2.05) is 43.9 Å². The van der Waals surface area contributed by atoms with Crippen molar-refractivity contribution in [1.82, 2.24) is 4.90 Å². The lowest BCUT2D eigenvalue weighted by molar-refractivity contribution is 0.0184. The zero-order valence-corrected chi connectivity index (χ0v) is 15.8. The second kappa shape index (κ2) is 7.37. The summed E-state index contributed by atoms with van der Waals surface area (Å²) < 4.78 is 5.46. The summed E-state index contributed by atoms with van der Waals surface area (Å²) in [5, 5.41) is 11.3. The van der Waals surface area contributed by atoms with Crippen molar-refractivity contribution in [2.45, 2.75) is 45.6 Å². The number of nitriles is 1. The van der Waals surface area contributed by atoms with E-state index in [0.29, 0.717) is 11.5 Å². The molecule has 0 radical (unpaired) electrons. The van der Waals surface area contributed by atoms with Crippen molar-refractivity contribution in [3.63, 3.8) is 0 Å². The Bertz CT molecular complexity index is 837. The van der Waals surface area contributed by atoms with Crippen molar-refractivity contribution in [1.29, 1.82) is 5.26 Å². The fraction of sp³-hybridized carbons (Fsp3) is 0.455. The van der Waals surface area contributed by atoms with Crippen LogP contribution in [0, 0.1) is 17.2 Å². The average molecular weight is 350 g/mol. The summed E-state index contributed by atoms with van der Waals surface area (Å²) in [6.07, 6.45) is 2.84. The largest absolute Gasteiger partial charge is 0.444 e. The summed E-state index contributed by atoms with van der Waals surface area (Å²) in [6, 6.07) is 14.5. The van der Waals surface area contributed by atoms with Gasteiger partial charge in [-0.05, 0) is 74.4 Å². The van der Waals surface area contributed by atoms with Crippen molar-refractivity contribution in [3.05, 3.63) is 47.5 Å². The SMILES string of the molecule is CC(C)(C)OC(=O)N1CCC(Cc2ccc3cc(C#N)ccc3c2)CC1. The van der Waals surface area contributed by atoms with Crippen LogP contribution in [0.1, 0.15) is 44.7 Å². The topological polar surface area (TPSA) is 53.3 Å². The normalized spacial score (nSPS) is 15.7. The molecule has 1 fully saturated rings. The van der Waals surface area contributed by atoms with Gasteiger partial charge in [0.25, 0.3) is 0 Å². The van der Waals surface area contributed by atoms with Crippen LogP contribution in [0.3, 0.4) is 0 Å². The van der Waals surface area contributed by atoms with Crippen molar-refractivity contribution in [2.24, 2.45) is 5.92 Å². The van der Waals surface area contributed by atoms with Crippen LogP contribution in [0.4, 0.5) is 4.79 Å². The molecule has 0 spiro atoms. The van der Waals surface area contributed by atoms with E-state index in [-0.39, 0.29) is 6.09 Å². The molecule has 0 unspecified atom stereocenters. The molecule has 1 saturated heterocycles. The van der Waals surface area contributed by atoms with Crippen LogP contribution in [-0.4, -0.2) is 29.7 Å². The highest BCUT2D eigenvalue weighted by molar-refractivity contribution is 5.84. The monoisotopic (exact) mass is 350 g/mol. The summed E-state index contributed by atoms with van der Waals surface area (Å²) in [6.45, 7) is 7.22. The standard InChI is InChI=1S/C22H26N2O2/c1-22(2,3)26-21(25)24-10-8-16(9-11-24)12-17-4-6-20-14-18(15-23)5-7-19(20)13-17/h4-7,13-14,16H,8-12H2,1-3H3. The molecule has 0 bridgehead atoms. The average Bonchev–Trinajstić information content (AvgIpc) is 2.60. The minimum Gasteiger partial charge on any atom is -0.444 e. The van der Waals surface area contributed by atoms with Gasteiger partial charge in [-0.25, -0.2) is 4.79 Å². The Hall–Kier alpha value is -2.54. The predicted octanol–water partition coefficient (Wildman–Crippen LogP) is 4.90. The van der Waals surface area contributed by atoms with Gasteiger partial charge in [0.05, 0.1) is 11.6 Å². The predicted molar refractivity (Wildman–Crippen MR) is 103 cm³/mol. The first-order chi connectivity index (χ1) is 12.3. The lowest BCUT2D eigenvalue weighted by atomic mass is 9.89. The number of carbonyl (C=O) groups is 1. The molecule has 4 nitrogen and oxygen atoms in total. The number of benzene rings is 2. The highest BCUT2D eigenvalue weighted by atomic mass is 16.6. The second-order valence-corrected chi connectivity index (χ2v) is 8.12. The molecule has 1 aliphatic heterocycles. The van der Waals surface area contributed by atoms with Crippen LogP contribution >= 0.6 is 0 Å². The molecule has 1 amide bonds. The van der Waals surface area contributed by atoms with Crippen molar-refractivity contribution < 1.29 is 9.53 Å². The molecular formula is C22H26N2O2. The number of hydrogen-bond acceptors (Lipinski definition) is 3. The van der Waals surface area contributed by atoms with Crippen LogP contribution in [-0.2, 0) is 11.2 Å². The molecule has 0 N–H and O–H groups in total. The molecule has 4 heteroatoms. The zero-order chi connectivity index (χ0) is 18.7. The van der Waals surface area contributed by atoms with Crippen molar-refractivity contribution >= 4 is 16.9 Å². The van der Waals surface area contributed by atoms with Gasteiger partial charge in [0.15, 0.2) is 0 Å². The molecule has 1 aliphatic rings. The van der Waals surface area contributed by atoms with Gasteiger partial charge in [0.1, 0.15) is 5.60 Å². The maximum absolute atomic E-state index is 12.2. The highest BCUT2D eigenvalue weighted by Crippen LogP contribution is 2.25. The first kappa shape index (κ1) is 18.3. The van der Waals surface area contributed by atoms with Gasteiger partial charge in [0, 0.05) is 13.1 Å². The Morgan fingerprint density at radius 2 is 1.81 bits per heavy atom. The maximum atomic E-state index is 12.2. The quantitative estimate of drug-likeness (QED) is 0.774. The van der Waals surface area contributed by atoms with E-state index in [0.717, 1.165) is 37.7 Å². The van der Waals surface area contributed by atoms with Crippen LogP contribution in [0.2, 0.25) is 0 Å². The lowest BCUT2D eigenvalue weighted by Gasteiger charge is -2.33. The number of rotatable bonds is 2. The Kier molecular flexibility index (Phi) is 5.18. The minimum absolute atomic E-state index is 0.199. The van der Waals surface area contributed by atoms with Crippen LogP contribution in [0.25, 0.3) is 10.8 Å². The summed E-state index contributed by atoms with van der Waals surface area (Å²) in [5.41, 5.74) is 1.57. The molecule has 1 heterocycles. The van der Waals surface area contributed by atoms with E-state index in [4.69, 9.17) is 10.00 Å². The van der Waals surface area contributed by atoms with Crippen LogP contribution < -0.4 is 0 Å². The van der Waals surface area contributed by atoms with E-state index in [2.05, 4.69) is 24.3 Å². The summed E-state index contributed by atoms with van der Waals surface area (Å²) in [4.78, 5) is 14.0. The van der Waals surface area contributed by atoms with Gasteiger partial charge in [-0.3, -0.25) is 0 Å². The smallest absolute Gasteiger partial charge is 0.410 e. The molecule has 2 aromatic carbocycles. The maximum Gasteiger partial charge on any atom is 0.410 e. The fourth-order valence-corrected chi connectivity index (χ4v) is 3.47. The van der Waals surface area contributed by atoms with Gasteiger partial charge in [0.2, 0.25) is 0 Å². The summed E-state index contributed by atoms with van der Waals surface area (Å²) >= 11 is 0. The summed E-state index contributed by atoms with van der Waals surface area (Å²) in [7, 11) is 0. The van der Waals surface area contributed by atoms with Crippen LogP contribution in [0.15, 0.2) is 36.4 Å². The number of nitrogens with zero attached hydrogens (tertiary/aromatic N) is 2. The number of ether oxygens (including phenoxy) is 1.